The molecule has 134 valence electrons. The fourth-order valence-corrected chi connectivity index (χ4v) is 3.67. The highest BCUT2D eigenvalue weighted by atomic mass is 16.1. The second-order valence-corrected chi connectivity index (χ2v) is 7.33. The van der Waals surface area contributed by atoms with E-state index in [-0.39, 0.29) is 5.91 Å². The van der Waals surface area contributed by atoms with Crippen molar-refractivity contribution < 1.29 is 4.79 Å². The van der Waals surface area contributed by atoms with Crippen molar-refractivity contribution in [3.05, 3.63) is 65.0 Å². The normalized spacial score (nSPS) is 16.5. The topological polar surface area (TPSA) is 46.9 Å². The molecule has 2 heterocycles. The molecule has 26 heavy (non-hydrogen) atoms. The van der Waals surface area contributed by atoms with Crippen molar-refractivity contribution in [1.29, 1.82) is 0 Å². The van der Waals surface area contributed by atoms with Crippen LogP contribution in [0.5, 0.6) is 0 Å². The van der Waals surface area contributed by atoms with Gasteiger partial charge < -0.3 is 9.88 Å². The molecular weight excluding hydrogens is 322 g/mol. The number of imidazole rings is 1. The van der Waals surface area contributed by atoms with Gasteiger partial charge in [-0.15, -0.1) is 0 Å². The summed E-state index contributed by atoms with van der Waals surface area (Å²) in [5.41, 5.74) is 5.16. The zero-order valence-electron chi connectivity index (χ0n) is 15.5. The van der Waals surface area contributed by atoms with Gasteiger partial charge in [-0.05, 0) is 48.1 Å². The largest absolute Gasteiger partial charge is 0.348 e. The van der Waals surface area contributed by atoms with E-state index in [1.54, 1.807) is 0 Å². The van der Waals surface area contributed by atoms with E-state index in [4.69, 9.17) is 4.98 Å². The first-order valence-electron chi connectivity index (χ1n) is 9.49. The molecule has 4 heteroatoms. The molecule has 1 aromatic heterocycles. The number of carbonyl (C=O) groups is 1. The molecule has 0 aliphatic carbocycles. The molecule has 1 N–H and O–H groups in total. The highest BCUT2D eigenvalue weighted by molar-refractivity contribution is 5.97. The molecule has 2 aromatic carbocycles. The number of aromatic nitrogens is 2. The van der Waals surface area contributed by atoms with Gasteiger partial charge in [-0.1, -0.05) is 38.1 Å². The Kier molecular flexibility index (Phi) is 4.49. The number of aryl methyl sites for hydroxylation is 2. The first-order valence-corrected chi connectivity index (χ1v) is 9.49. The van der Waals surface area contributed by atoms with Crippen molar-refractivity contribution in [3.63, 3.8) is 0 Å². The lowest BCUT2D eigenvalue weighted by atomic mass is 10.0. The summed E-state index contributed by atoms with van der Waals surface area (Å²) in [6.45, 7) is 5.97. The second kappa shape index (κ2) is 6.94. The van der Waals surface area contributed by atoms with Crippen LogP contribution in [0, 0.1) is 5.92 Å². The number of carbonyl (C=O) groups excluding carboxylic acids is 1. The number of benzene rings is 2. The maximum Gasteiger partial charge on any atom is 0.251 e. The van der Waals surface area contributed by atoms with E-state index in [2.05, 4.69) is 48.0 Å². The van der Waals surface area contributed by atoms with E-state index in [0.29, 0.717) is 18.0 Å². The first-order chi connectivity index (χ1) is 12.6. The van der Waals surface area contributed by atoms with Gasteiger partial charge in [-0.3, -0.25) is 4.79 Å². The molecule has 0 saturated heterocycles. The lowest BCUT2D eigenvalue weighted by molar-refractivity contribution is 0.0951. The van der Waals surface area contributed by atoms with Crippen LogP contribution >= 0.6 is 0 Å². The molecule has 3 aromatic rings. The molecule has 0 radical (unpaired) electrons. The van der Waals surface area contributed by atoms with Crippen LogP contribution in [-0.2, 0) is 25.9 Å². The van der Waals surface area contributed by atoms with Gasteiger partial charge in [-0.25, -0.2) is 4.98 Å². The quantitative estimate of drug-likeness (QED) is 0.772. The number of hydrogen-bond donors (Lipinski definition) is 1. The fourth-order valence-electron chi connectivity index (χ4n) is 3.67. The average molecular weight is 347 g/mol. The molecule has 1 aliphatic heterocycles. The smallest absolute Gasteiger partial charge is 0.251 e. The summed E-state index contributed by atoms with van der Waals surface area (Å²) in [4.78, 5) is 17.3. The van der Waals surface area contributed by atoms with Crippen molar-refractivity contribution in [2.45, 2.75) is 46.2 Å². The van der Waals surface area contributed by atoms with Crippen LogP contribution in [0.1, 0.15) is 47.6 Å². The van der Waals surface area contributed by atoms with Gasteiger partial charge in [0.05, 0.1) is 11.0 Å². The minimum absolute atomic E-state index is 0.0502. The third-order valence-electron chi connectivity index (χ3n) is 5.35. The highest BCUT2D eigenvalue weighted by Crippen LogP contribution is 2.25. The Morgan fingerprint density at radius 1 is 1.19 bits per heavy atom. The van der Waals surface area contributed by atoms with E-state index in [0.717, 1.165) is 41.8 Å². The van der Waals surface area contributed by atoms with E-state index in [1.165, 1.54) is 12.0 Å². The SMILES string of the molecule is CCc1ccc(CNC(=O)c2ccc3c(c2)nc2n3CC[C@@H](C)C2)cc1. The molecule has 4 nitrogen and oxygen atoms in total. The summed E-state index contributed by atoms with van der Waals surface area (Å²) in [5, 5.41) is 3.01. The van der Waals surface area contributed by atoms with Crippen LogP contribution in [-0.4, -0.2) is 15.5 Å². The maximum absolute atomic E-state index is 12.5. The first kappa shape index (κ1) is 16.8. The Balaban J connectivity index is 1.49. The zero-order chi connectivity index (χ0) is 18.1. The Morgan fingerprint density at radius 3 is 2.73 bits per heavy atom. The van der Waals surface area contributed by atoms with Crippen molar-refractivity contribution >= 4 is 16.9 Å². The van der Waals surface area contributed by atoms with E-state index < -0.39 is 0 Å². The summed E-state index contributed by atoms with van der Waals surface area (Å²) in [5.74, 6) is 1.78. The summed E-state index contributed by atoms with van der Waals surface area (Å²) in [6.07, 6.45) is 3.24. The summed E-state index contributed by atoms with van der Waals surface area (Å²) < 4.78 is 2.30. The van der Waals surface area contributed by atoms with Crippen LogP contribution in [0.4, 0.5) is 0 Å². The molecule has 0 saturated carbocycles. The molecule has 1 atom stereocenters. The van der Waals surface area contributed by atoms with Gasteiger partial charge in [0, 0.05) is 25.1 Å². The average Bonchev–Trinajstić information content (AvgIpc) is 3.02. The lowest BCUT2D eigenvalue weighted by Gasteiger charge is -2.19. The Hall–Kier alpha value is -2.62. The Morgan fingerprint density at radius 2 is 1.96 bits per heavy atom. The molecule has 0 spiro atoms. The molecular formula is C22H25N3O. The van der Waals surface area contributed by atoms with Gasteiger partial charge in [0.25, 0.3) is 5.91 Å². The molecule has 4 rings (SSSR count). The van der Waals surface area contributed by atoms with Crippen molar-refractivity contribution in [1.82, 2.24) is 14.9 Å². The van der Waals surface area contributed by atoms with Gasteiger partial charge in [0.15, 0.2) is 0 Å². The third kappa shape index (κ3) is 3.24. The molecule has 0 bridgehead atoms. The van der Waals surface area contributed by atoms with E-state index in [1.807, 2.05) is 18.2 Å². The van der Waals surface area contributed by atoms with Crippen LogP contribution in [0.25, 0.3) is 11.0 Å². The molecule has 0 fully saturated rings. The highest BCUT2D eigenvalue weighted by Gasteiger charge is 2.19. The van der Waals surface area contributed by atoms with Gasteiger partial charge >= 0.3 is 0 Å². The summed E-state index contributed by atoms with van der Waals surface area (Å²) in [6, 6.07) is 14.2. The minimum Gasteiger partial charge on any atom is -0.348 e. The number of rotatable bonds is 4. The van der Waals surface area contributed by atoms with Gasteiger partial charge in [0.2, 0.25) is 0 Å². The Bertz CT molecular complexity index is 940. The molecule has 1 aliphatic rings. The van der Waals surface area contributed by atoms with Crippen LogP contribution in [0.15, 0.2) is 42.5 Å². The van der Waals surface area contributed by atoms with Crippen LogP contribution in [0.2, 0.25) is 0 Å². The van der Waals surface area contributed by atoms with Crippen molar-refractivity contribution in [3.8, 4) is 0 Å². The third-order valence-corrected chi connectivity index (χ3v) is 5.35. The lowest BCUT2D eigenvalue weighted by Crippen LogP contribution is -2.22. The second-order valence-electron chi connectivity index (χ2n) is 7.33. The number of amides is 1. The van der Waals surface area contributed by atoms with E-state index in [9.17, 15) is 4.79 Å². The van der Waals surface area contributed by atoms with Crippen molar-refractivity contribution in [2.75, 3.05) is 0 Å². The van der Waals surface area contributed by atoms with Crippen LogP contribution in [0.3, 0.4) is 0 Å². The maximum atomic E-state index is 12.5. The van der Waals surface area contributed by atoms with Crippen molar-refractivity contribution in [2.24, 2.45) is 5.92 Å². The van der Waals surface area contributed by atoms with Gasteiger partial charge in [-0.2, -0.15) is 0 Å². The predicted molar refractivity (Wildman–Crippen MR) is 104 cm³/mol. The van der Waals surface area contributed by atoms with E-state index >= 15 is 0 Å². The number of nitrogens with zero attached hydrogens (tertiary/aromatic N) is 2. The fraction of sp³-hybridized carbons (Fsp3) is 0.364. The summed E-state index contributed by atoms with van der Waals surface area (Å²) >= 11 is 0. The standard InChI is InChI=1S/C22H25N3O/c1-3-16-4-6-17(7-5-16)14-23-22(26)18-8-9-20-19(13-18)24-21-12-15(2)10-11-25(20)21/h4-9,13,15H,3,10-12,14H2,1-2H3,(H,23,26)/t15-/m1/s1. The predicted octanol–water partition coefficient (Wildman–Crippen LogP) is 4.11. The number of fused-ring (bicyclic) bond motifs is 3. The van der Waals surface area contributed by atoms with Gasteiger partial charge in [0.1, 0.15) is 5.82 Å². The number of hydrogen-bond acceptors (Lipinski definition) is 2. The molecule has 1 amide bonds. The molecule has 0 unspecified atom stereocenters. The zero-order valence-corrected chi connectivity index (χ0v) is 15.5. The monoisotopic (exact) mass is 347 g/mol. The minimum atomic E-state index is -0.0502. The Labute approximate surface area is 154 Å². The van der Waals surface area contributed by atoms with Crippen LogP contribution < -0.4 is 5.32 Å². The number of nitrogens with one attached hydrogen (secondary N) is 1. The summed E-state index contributed by atoms with van der Waals surface area (Å²) in [7, 11) is 0.